The highest BCUT2D eigenvalue weighted by Gasteiger charge is 2.33. The molecule has 1 aliphatic heterocycles. The van der Waals surface area contributed by atoms with Crippen LogP contribution < -0.4 is 0 Å². The average molecular weight is 409 g/mol. The lowest BCUT2D eigenvalue weighted by molar-refractivity contribution is 0.0732. The van der Waals surface area contributed by atoms with Gasteiger partial charge in [0.05, 0.1) is 23.0 Å². The molecule has 29 heavy (non-hydrogen) atoms. The van der Waals surface area contributed by atoms with E-state index < -0.39 is 0 Å². The Balaban J connectivity index is 1.63. The van der Waals surface area contributed by atoms with Crippen LogP contribution in [0.4, 0.5) is 0 Å². The van der Waals surface area contributed by atoms with Crippen molar-refractivity contribution in [3.8, 4) is 0 Å². The Labute approximate surface area is 176 Å². The summed E-state index contributed by atoms with van der Waals surface area (Å²) < 4.78 is 1.69. The van der Waals surface area contributed by atoms with Gasteiger partial charge in [-0.05, 0) is 62.4 Å². The molecule has 1 aliphatic rings. The van der Waals surface area contributed by atoms with E-state index in [1.165, 1.54) is 0 Å². The molecule has 3 aromatic rings. The number of hydrogen-bond donors (Lipinski definition) is 0. The standard InChI is InChI=1S/C23H25ClN4O/c1-15-11-17(12-18-7-4-5-8-20(18)24)13-21(25-15)22-9-6-10-28(22)23(29)19-14-27(3)26-16(19)2/h4-5,7-8,11,13-14,22H,6,9-10,12H2,1-3H3. The van der Waals surface area contributed by atoms with Gasteiger partial charge in [0.1, 0.15) is 0 Å². The molecule has 1 amide bonds. The number of hydrogen-bond acceptors (Lipinski definition) is 3. The van der Waals surface area contributed by atoms with Gasteiger partial charge in [0.15, 0.2) is 0 Å². The molecule has 1 aromatic carbocycles. The van der Waals surface area contributed by atoms with E-state index in [9.17, 15) is 4.79 Å². The molecule has 150 valence electrons. The van der Waals surface area contributed by atoms with E-state index >= 15 is 0 Å². The maximum atomic E-state index is 13.2. The Kier molecular flexibility index (Phi) is 5.41. The summed E-state index contributed by atoms with van der Waals surface area (Å²) >= 11 is 6.35. The first kappa shape index (κ1) is 19.6. The van der Waals surface area contributed by atoms with Crippen molar-refractivity contribution in [2.75, 3.05) is 6.54 Å². The number of carbonyl (C=O) groups excluding carboxylic acids is 1. The van der Waals surface area contributed by atoms with Gasteiger partial charge in [-0.3, -0.25) is 14.5 Å². The summed E-state index contributed by atoms with van der Waals surface area (Å²) in [5.41, 5.74) is 5.61. The summed E-state index contributed by atoms with van der Waals surface area (Å²) in [7, 11) is 1.84. The highest BCUT2D eigenvalue weighted by atomic mass is 35.5. The zero-order valence-corrected chi connectivity index (χ0v) is 17.8. The number of carbonyl (C=O) groups is 1. The third-order valence-corrected chi connectivity index (χ3v) is 5.85. The minimum absolute atomic E-state index is 0.00741. The van der Waals surface area contributed by atoms with Crippen molar-refractivity contribution < 1.29 is 4.79 Å². The van der Waals surface area contributed by atoms with Gasteiger partial charge >= 0.3 is 0 Å². The molecule has 1 saturated heterocycles. The summed E-state index contributed by atoms with van der Waals surface area (Å²) in [5, 5.41) is 5.10. The van der Waals surface area contributed by atoms with Gasteiger partial charge in [0, 0.05) is 30.5 Å². The van der Waals surface area contributed by atoms with Gasteiger partial charge in [-0.25, -0.2) is 0 Å². The van der Waals surface area contributed by atoms with Gasteiger partial charge in [-0.1, -0.05) is 29.8 Å². The number of pyridine rings is 1. The van der Waals surface area contributed by atoms with E-state index in [1.807, 2.05) is 50.1 Å². The zero-order valence-electron chi connectivity index (χ0n) is 17.0. The molecule has 0 N–H and O–H groups in total. The number of nitrogens with zero attached hydrogens (tertiary/aromatic N) is 4. The number of benzene rings is 1. The lowest BCUT2D eigenvalue weighted by Gasteiger charge is -2.25. The van der Waals surface area contributed by atoms with Crippen LogP contribution in [0.1, 0.15) is 57.5 Å². The molecule has 4 rings (SSSR count). The monoisotopic (exact) mass is 408 g/mol. The van der Waals surface area contributed by atoms with Crippen LogP contribution in [0.3, 0.4) is 0 Å². The smallest absolute Gasteiger partial charge is 0.257 e. The second-order valence-electron chi connectivity index (χ2n) is 7.77. The van der Waals surface area contributed by atoms with E-state index in [4.69, 9.17) is 16.6 Å². The molecule has 3 heterocycles. The minimum atomic E-state index is -0.00741. The van der Waals surface area contributed by atoms with Crippen molar-refractivity contribution in [1.82, 2.24) is 19.7 Å². The van der Waals surface area contributed by atoms with Gasteiger partial charge in [0.2, 0.25) is 0 Å². The van der Waals surface area contributed by atoms with Gasteiger partial charge in [-0.2, -0.15) is 5.10 Å². The molecule has 1 atom stereocenters. The summed E-state index contributed by atoms with van der Waals surface area (Å²) in [4.78, 5) is 19.9. The Hall–Kier alpha value is -2.66. The first-order chi connectivity index (χ1) is 13.9. The maximum absolute atomic E-state index is 13.2. The Bertz CT molecular complexity index is 1060. The van der Waals surface area contributed by atoms with Crippen LogP contribution in [0, 0.1) is 13.8 Å². The van der Waals surface area contributed by atoms with Crippen molar-refractivity contribution in [1.29, 1.82) is 0 Å². The number of halogens is 1. The second-order valence-corrected chi connectivity index (χ2v) is 8.18. The van der Waals surface area contributed by atoms with Gasteiger partial charge < -0.3 is 4.90 Å². The summed E-state index contributed by atoms with van der Waals surface area (Å²) in [6, 6.07) is 12.1. The molecule has 5 nitrogen and oxygen atoms in total. The molecule has 1 unspecified atom stereocenters. The van der Waals surface area contributed by atoms with Crippen LogP contribution >= 0.6 is 11.6 Å². The molecule has 0 saturated carbocycles. The molecule has 0 aliphatic carbocycles. The zero-order chi connectivity index (χ0) is 20.5. The second kappa shape index (κ2) is 7.99. The van der Waals surface area contributed by atoms with E-state index in [-0.39, 0.29) is 11.9 Å². The predicted molar refractivity (Wildman–Crippen MR) is 114 cm³/mol. The Morgan fingerprint density at radius 2 is 2.03 bits per heavy atom. The number of rotatable bonds is 4. The molecule has 6 heteroatoms. The topological polar surface area (TPSA) is 51.0 Å². The molecular formula is C23H25ClN4O. The van der Waals surface area contributed by atoms with Crippen LogP contribution in [0.5, 0.6) is 0 Å². The third kappa shape index (κ3) is 4.06. The molecule has 0 radical (unpaired) electrons. The molecule has 2 aromatic heterocycles. The predicted octanol–water partition coefficient (Wildman–Crippen LogP) is 4.65. The van der Waals surface area contributed by atoms with Crippen molar-refractivity contribution >= 4 is 17.5 Å². The molecule has 0 bridgehead atoms. The number of aryl methyl sites for hydroxylation is 3. The van der Waals surface area contributed by atoms with Crippen LogP contribution in [0.25, 0.3) is 0 Å². The van der Waals surface area contributed by atoms with E-state index in [2.05, 4.69) is 17.2 Å². The highest BCUT2D eigenvalue weighted by Crippen LogP contribution is 2.33. The third-order valence-electron chi connectivity index (χ3n) is 5.48. The fourth-order valence-electron chi connectivity index (χ4n) is 4.18. The Morgan fingerprint density at radius 1 is 1.24 bits per heavy atom. The van der Waals surface area contributed by atoms with E-state index in [0.29, 0.717) is 5.56 Å². The first-order valence-corrected chi connectivity index (χ1v) is 10.3. The Morgan fingerprint density at radius 3 is 2.76 bits per heavy atom. The molecule has 1 fully saturated rings. The highest BCUT2D eigenvalue weighted by molar-refractivity contribution is 6.31. The quantitative estimate of drug-likeness (QED) is 0.631. The van der Waals surface area contributed by atoms with E-state index in [0.717, 1.165) is 59.0 Å². The number of likely N-dealkylation sites (tertiary alicyclic amines) is 1. The summed E-state index contributed by atoms with van der Waals surface area (Å²) in [6.45, 7) is 4.63. The fourth-order valence-corrected chi connectivity index (χ4v) is 4.39. The molecular weight excluding hydrogens is 384 g/mol. The first-order valence-electron chi connectivity index (χ1n) is 9.94. The number of aromatic nitrogens is 3. The van der Waals surface area contributed by atoms with Gasteiger partial charge in [0.25, 0.3) is 5.91 Å². The summed E-state index contributed by atoms with van der Waals surface area (Å²) in [5.74, 6) is 0.0362. The van der Waals surface area contributed by atoms with Crippen LogP contribution in [0.2, 0.25) is 5.02 Å². The average Bonchev–Trinajstić information content (AvgIpc) is 3.29. The molecule has 0 spiro atoms. The maximum Gasteiger partial charge on any atom is 0.257 e. The fraction of sp³-hybridized carbons (Fsp3) is 0.348. The normalized spacial score (nSPS) is 16.4. The largest absolute Gasteiger partial charge is 0.330 e. The SMILES string of the molecule is Cc1cc(Cc2ccccc2Cl)cc(C2CCCN2C(=O)c2cn(C)nc2C)n1. The lowest BCUT2D eigenvalue weighted by atomic mass is 10.0. The van der Waals surface area contributed by atoms with Crippen molar-refractivity contribution in [2.45, 2.75) is 39.2 Å². The lowest BCUT2D eigenvalue weighted by Crippen LogP contribution is -2.31. The summed E-state index contributed by atoms with van der Waals surface area (Å²) in [6.07, 6.45) is 4.45. The van der Waals surface area contributed by atoms with Crippen LogP contribution in [-0.4, -0.2) is 32.1 Å². The van der Waals surface area contributed by atoms with Gasteiger partial charge in [-0.15, -0.1) is 0 Å². The van der Waals surface area contributed by atoms with E-state index in [1.54, 1.807) is 10.9 Å². The van der Waals surface area contributed by atoms with Crippen molar-refractivity contribution in [3.05, 3.63) is 81.4 Å². The number of amides is 1. The van der Waals surface area contributed by atoms with Crippen molar-refractivity contribution in [3.63, 3.8) is 0 Å². The minimum Gasteiger partial charge on any atom is -0.330 e. The van der Waals surface area contributed by atoms with Crippen molar-refractivity contribution in [2.24, 2.45) is 7.05 Å². The van der Waals surface area contributed by atoms with Crippen LogP contribution in [0.15, 0.2) is 42.6 Å². The van der Waals surface area contributed by atoms with Crippen LogP contribution in [-0.2, 0) is 13.5 Å².